The highest BCUT2D eigenvalue weighted by Gasteiger charge is 2.28. The number of nitrogens with one attached hydrogen (secondary N) is 1. The highest BCUT2D eigenvalue weighted by Crippen LogP contribution is 2.29. The van der Waals surface area contributed by atoms with Gasteiger partial charge in [0.25, 0.3) is 10.0 Å². The highest BCUT2D eigenvalue weighted by molar-refractivity contribution is 7.91. The van der Waals surface area contributed by atoms with Crippen molar-refractivity contribution in [3.05, 3.63) is 17.0 Å². The fraction of sp³-hybridized carbons (Fsp3) is 0.688. The Balaban J connectivity index is 1.51. The summed E-state index contributed by atoms with van der Waals surface area (Å²) in [4.78, 5) is 12.8. The molecule has 0 aromatic carbocycles. The number of carbonyl (C=O) groups is 1. The van der Waals surface area contributed by atoms with Gasteiger partial charge in [-0.25, -0.2) is 8.42 Å². The fourth-order valence-corrected chi connectivity index (χ4v) is 5.32. The van der Waals surface area contributed by atoms with E-state index in [-0.39, 0.29) is 5.91 Å². The molecule has 25 heavy (non-hydrogen) atoms. The molecule has 0 spiro atoms. The van der Waals surface area contributed by atoms with Gasteiger partial charge in [0.05, 0.1) is 26.4 Å². The molecule has 0 bridgehead atoms. The van der Waals surface area contributed by atoms with Crippen LogP contribution in [0.15, 0.2) is 16.3 Å². The van der Waals surface area contributed by atoms with Crippen molar-refractivity contribution in [2.24, 2.45) is 5.92 Å². The first-order chi connectivity index (χ1) is 12.0. The normalized spacial score (nSPS) is 20.4. The first-order valence-electron chi connectivity index (χ1n) is 8.53. The molecular weight excluding hydrogens is 364 g/mol. The third-order valence-corrected chi connectivity index (χ3v) is 7.74. The minimum atomic E-state index is -3.47. The monoisotopic (exact) mass is 388 g/mol. The molecule has 1 aromatic heterocycles. The largest absolute Gasteiger partial charge is 0.379 e. The molecule has 2 aliphatic rings. The van der Waals surface area contributed by atoms with Gasteiger partial charge >= 0.3 is 0 Å². The Morgan fingerprint density at radius 2 is 2.12 bits per heavy atom. The number of ether oxygens (including phenoxy) is 2. The number of carbonyl (C=O) groups excluding carboxylic acids is 1. The van der Waals surface area contributed by atoms with Gasteiger partial charge in [-0.1, -0.05) is 0 Å². The topological polar surface area (TPSA) is 84.9 Å². The molecule has 140 valence electrons. The van der Waals surface area contributed by atoms with E-state index in [4.69, 9.17) is 9.47 Å². The molecule has 2 fully saturated rings. The molecule has 0 radical (unpaired) electrons. The van der Waals surface area contributed by atoms with Crippen LogP contribution in [-0.4, -0.2) is 57.6 Å². The highest BCUT2D eigenvalue weighted by atomic mass is 32.2. The number of hydrogen-bond acceptors (Lipinski definition) is 6. The number of morpholine rings is 1. The van der Waals surface area contributed by atoms with Crippen molar-refractivity contribution in [2.45, 2.75) is 36.6 Å². The van der Waals surface area contributed by atoms with Crippen molar-refractivity contribution in [1.29, 1.82) is 0 Å². The minimum Gasteiger partial charge on any atom is -0.379 e. The molecule has 1 saturated heterocycles. The molecule has 9 heteroatoms. The first kappa shape index (κ1) is 18.8. The number of nitrogens with zero attached hydrogens (tertiary/aromatic N) is 1. The van der Waals surface area contributed by atoms with Crippen LogP contribution >= 0.6 is 11.3 Å². The van der Waals surface area contributed by atoms with Crippen LogP contribution in [0.4, 0.5) is 0 Å². The van der Waals surface area contributed by atoms with E-state index in [0.29, 0.717) is 49.6 Å². The number of rotatable bonds is 8. The summed E-state index contributed by atoms with van der Waals surface area (Å²) in [6, 6.07) is 3.35. The second-order valence-corrected chi connectivity index (χ2v) is 9.71. The second-order valence-electron chi connectivity index (χ2n) is 6.37. The van der Waals surface area contributed by atoms with E-state index < -0.39 is 16.1 Å². The number of amides is 1. The van der Waals surface area contributed by atoms with Gasteiger partial charge in [0, 0.05) is 18.0 Å². The van der Waals surface area contributed by atoms with Crippen molar-refractivity contribution in [3.63, 3.8) is 0 Å². The first-order valence-corrected chi connectivity index (χ1v) is 10.8. The van der Waals surface area contributed by atoms with Gasteiger partial charge in [-0.3, -0.25) is 4.79 Å². The summed E-state index contributed by atoms with van der Waals surface area (Å²) in [5, 5.41) is 2.81. The third kappa shape index (κ3) is 5.01. The zero-order valence-electron chi connectivity index (χ0n) is 14.3. The summed E-state index contributed by atoms with van der Waals surface area (Å²) >= 11 is 1.19. The van der Waals surface area contributed by atoms with E-state index in [1.54, 1.807) is 19.1 Å². The zero-order chi connectivity index (χ0) is 17.9. The Labute approximate surface area is 152 Å². The molecule has 1 saturated carbocycles. The predicted octanol–water partition coefficient (Wildman–Crippen LogP) is 1.20. The molecule has 1 unspecified atom stereocenters. The van der Waals surface area contributed by atoms with Gasteiger partial charge in [0.1, 0.15) is 10.3 Å². The van der Waals surface area contributed by atoms with E-state index >= 15 is 0 Å². The molecule has 7 nitrogen and oxygen atoms in total. The van der Waals surface area contributed by atoms with Crippen LogP contribution < -0.4 is 5.32 Å². The summed E-state index contributed by atoms with van der Waals surface area (Å²) in [5.74, 6) is 0.437. The quantitative estimate of drug-likeness (QED) is 0.723. The van der Waals surface area contributed by atoms with Crippen LogP contribution in [0.5, 0.6) is 0 Å². The maximum atomic E-state index is 12.6. The Kier molecular flexibility index (Phi) is 6.11. The summed E-state index contributed by atoms with van der Waals surface area (Å²) in [7, 11) is -3.47. The standard InChI is InChI=1S/C16H24N2O5S2/c1-12(23-11-13-2-3-13)16(19)17-10-14-4-5-15(24-14)25(20,21)18-6-8-22-9-7-18/h4-5,12-13H,2-3,6-11H2,1H3,(H,17,19). The summed E-state index contributed by atoms with van der Waals surface area (Å²) in [5.41, 5.74) is 0. The van der Waals surface area contributed by atoms with E-state index in [1.165, 1.54) is 28.5 Å². The third-order valence-electron chi connectivity index (χ3n) is 4.29. The van der Waals surface area contributed by atoms with E-state index in [0.717, 1.165) is 4.88 Å². The minimum absolute atomic E-state index is 0.174. The second kappa shape index (κ2) is 8.13. The van der Waals surface area contributed by atoms with Crippen LogP contribution in [0.2, 0.25) is 0 Å². The molecule has 1 amide bonds. The molecule has 1 aliphatic heterocycles. The average molecular weight is 389 g/mol. The van der Waals surface area contributed by atoms with Crippen LogP contribution in [-0.2, 0) is 30.8 Å². The number of sulfonamides is 1. The predicted molar refractivity (Wildman–Crippen MR) is 93.9 cm³/mol. The summed E-state index contributed by atoms with van der Waals surface area (Å²) < 4.78 is 37.6. The Morgan fingerprint density at radius 3 is 2.80 bits per heavy atom. The molecule has 1 atom stereocenters. The van der Waals surface area contributed by atoms with Gasteiger partial charge in [-0.05, 0) is 37.8 Å². The SMILES string of the molecule is CC(OCC1CC1)C(=O)NCc1ccc(S(=O)(=O)N2CCOCC2)s1. The molecular formula is C16H24N2O5S2. The lowest BCUT2D eigenvalue weighted by Crippen LogP contribution is -2.40. The van der Waals surface area contributed by atoms with Gasteiger partial charge in [0.15, 0.2) is 0 Å². The van der Waals surface area contributed by atoms with Crippen molar-refractivity contribution >= 4 is 27.3 Å². The maximum Gasteiger partial charge on any atom is 0.252 e. The van der Waals surface area contributed by atoms with Crippen LogP contribution in [0.3, 0.4) is 0 Å². The van der Waals surface area contributed by atoms with Crippen LogP contribution in [0.25, 0.3) is 0 Å². The average Bonchev–Trinajstić information content (AvgIpc) is 3.33. The number of hydrogen-bond donors (Lipinski definition) is 1. The molecule has 1 aromatic rings. The van der Waals surface area contributed by atoms with Crippen LogP contribution in [0.1, 0.15) is 24.6 Å². The fourth-order valence-electron chi connectivity index (χ4n) is 2.46. The Morgan fingerprint density at radius 1 is 1.40 bits per heavy atom. The molecule has 1 N–H and O–H groups in total. The summed E-state index contributed by atoms with van der Waals surface area (Å²) in [6.45, 7) is 4.28. The maximum absolute atomic E-state index is 12.6. The van der Waals surface area contributed by atoms with E-state index in [1.807, 2.05) is 0 Å². The summed E-state index contributed by atoms with van der Waals surface area (Å²) in [6.07, 6.45) is 1.88. The van der Waals surface area contributed by atoms with Gasteiger partial charge in [-0.2, -0.15) is 4.31 Å². The van der Waals surface area contributed by atoms with Crippen molar-refractivity contribution in [1.82, 2.24) is 9.62 Å². The van der Waals surface area contributed by atoms with Crippen molar-refractivity contribution in [2.75, 3.05) is 32.9 Å². The lowest BCUT2D eigenvalue weighted by molar-refractivity contribution is -0.132. The van der Waals surface area contributed by atoms with Crippen LogP contribution in [0, 0.1) is 5.92 Å². The molecule has 1 aliphatic carbocycles. The Hall–Kier alpha value is -1.00. The number of thiophene rings is 1. The zero-order valence-corrected chi connectivity index (χ0v) is 15.9. The van der Waals surface area contributed by atoms with E-state index in [9.17, 15) is 13.2 Å². The van der Waals surface area contributed by atoms with Gasteiger partial charge in [0.2, 0.25) is 5.91 Å². The Bertz CT molecular complexity index is 693. The lowest BCUT2D eigenvalue weighted by atomic mass is 10.3. The molecule has 2 heterocycles. The van der Waals surface area contributed by atoms with Gasteiger partial charge in [-0.15, -0.1) is 11.3 Å². The molecule has 3 rings (SSSR count). The van der Waals surface area contributed by atoms with Gasteiger partial charge < -0.3 is 14.8 Å². The smallest absolute Gasteiger partial charge is 0.252 e. The van der Waals surface area contributed by atoms with Crippen molar-refractivity contribution in [3.8, 4) is 0 Å². The van der Waals surface area contributed by atoms with Crippen molar-refractivity contribution < 1.29 is 22.7 Å². The van der Waals surface area contributed by atoms with E-state index in [2.05, 4.69) is 5.32 Å². The lowest BCUT2D eigenvalue weighted by Gasteiger charge is -2.25.